The Kier molecular flexibility index (Phi) is 14.7. The van der Waals surface area contributed by atoms with Gasteiger partial charge in [0.2, 0.25) is 30.1 Å². The number of nitrogens with one attached hydrogen (secondary N) is 2. The minimum absolute atomic E-state index is 0.0211. The highest BCUT2D eigenvalue weighted by atomic mass is 16.7. The van der Waals surface area contributed by atoms with Crippen LogP contribution >= 0.6 is 0 Å². The van der Waals surface area contributed by atoms with Gasteiger partial charge >= 0.3 is 17.9 Å². The second kappa shape index (κ2) is 20.3. The van der Waals surface area contributed by atoms with Gasteiger partial charge in [-0.05, 0) is 43.4 Å². The van der Waals surface area contributed by atoms with E-state index in [2.05, 4.69) is 10.6 Å². The van der Waals surface area contributed by atoms with Crippen LogP contribution in [0.3, 0.4) is 0 Å². The molecule has 7 rings (SSSR count). The van der Waals surface area contributed by atoms with E-state index < -0.39 is 77.3 Å². The van der Waals surface area contributed by atoms with Gasteiger partial charge in [0.05, 0.1) is 75.1 Å². The van der Waals surface area contributed by atoms with E-state index in [0.717, 1.165) is 10.9 Å². The second-order valence-electron chi connectivity index (χ2n) is 16.4. The smallest absolute Gasteiger partial charge is 0.355 e. The van der Waals surface area contributed by atoms with Gasteiger partial charge < -0.3 is 64.1 Å². The number of pyridine rings is 2. The van der Waals surface area contributed by atoms with Gasteiger partial charge in [0.25, 0.3) is 5.56 Å². The molecule has 65 heavy (non-hydrogen) atoms. The SMILES string of the molecule is CC[C@@]1(OC(=O)[C@@H](NC(=O)[C@@H]2CCCN2C(=O)[C@H](CC(=O)O)NC(=O)CCOCCOCCOCCN)C(C)C)C(=O)OCc2c1cc1n(c2=O)Cc2cc3cc4c(cc3nc2-1)OCO4. The van der Waals surface area contributed by atoms with Gasteiger partial charge in [0, 0.05) is 42.1 Å². The van der Waals surface area contributed by atoms with Crippen molar-refractivity contribution in [1.29, 1.82) is 0 Å². The predicted molar refractivity (Wildman–Crippen MR) is 226 cm³/mol. The van der Waals surface area contributed by atoms with Crippen molar-refractivity contribution in [3.05, 3.63) is 51.3 Å². The molecule has 1 aromatic carbocycles. The Balaban J connectivity index is 1.03. The Labute approximate surface area is 373 Å². The van der Waals surface area contributed by atoms with Gasteiger partial charge in [-0.2, -0.15) is 0 Å². The van der Waals surface area contributed by atoms with Gasteiger partial charge in [-0.15, -0.1) is 0 Å². The Morgan fingerprint density at radius 3 is 2.35 bits per heavy atom. The van der Waals surface area contributed by atoms with Crippen molar-refractivity contribution < 1.29 is 67.0 Å². The minimum Gasteiger partial charge on any atom is -0.481 e. The highest BCUT2D eigenvalue weighted by molar-refractivity contribution is 5.96. The number of fused-ring (bicyclic) bond motifs is 6. The lowest BCUT2D eigenvalue weighted by Crippen LogP contribution is -2.57. The summed E-state index contributed by atoms with van der Waals surface area (Å²) in [6.45, 7) is 6.93. The van der Waals surface area contributed by atoms with Crippen LogP contribution in [0.1, 0.15) is 69.6 Å². The molecular weight excluding hydrogens is 853 g/mol. The third-order valence-electron chi connectivity index (χ3n) is 11.8. The molecule has 350 valence electrons. The maximum absolute atomic E-state index is 14.3. The van der Waals surface area contributed by atoms with Crippen molar-refractivity contribution in [3.8, 4) is 22.9 Å². The number of likely N-dealkylation sites (tertiary alicyclic amines) is 1. The fraction of sp³-hybridized carbons (Fsp3) is 0.545. The summed E-state index contributed by atoms with van der Waals surface area (Å²) in [5.41, 5.74) is 5.41. The summed E-state index contributed by atoms with van der Waals surface area (Å²) in [4.78, 5) is 101. The normalized spacial score (nSPS) is 19.0. The van der Waals surface area contributed by atoms with Crippen LogP contribution in [-0.2, 0) is 71.2 Å². The fourth-order valence-corrected chi connectivity index (χ4v) is 8.45. The molecule has 0 spiro atoms. The maximum atomic E-state index is 14.3. The van der Waals surface area contributed by atoms with Gasteiger partial charge in [-0.25, -0.2) is 14.6 Å². The van der Waals surface area contributed by atoms with E-state index in [4.69, 9.17) is 43.9 Å². The maximum Gasteiger partial charge on any atom is 0.355 e. The minimum atomic E-state index is -2.07. The van der Waals surface area contributed by atoms with E-state index in [0.29, 0.717) is 61.2 Å². The first kappa shape index (κ1) is 46.8. The number of benzene rings is 1. The van der Waals surface area contributed by atoms with Crippen molar-refractivity contribution in [3.63, 3.8) is 0 Å². The number of carbonyl (C=O) groups excluding carboxylic acids is 5. The van der Waals surface area contributed by atoms with Crippen molar-refractivity contribution in [2.24, 2.45) is 11.7 Å². The number of hydrogen-bond donors (Lipinski definition) is 4. The molecule has 4 aliphatic heterocycles. The van der Waals surface area contributed by atoms with Crippen LogP contribution in [0.2, 0.25) is 0 Å². The molecule has 3 amide bonds. The van der Waals surface area contributed by atoms with Gasteiger partial charge in [0.15, 0.2) is 11.5 Å². The van der Waals surface area contributed by atoms with Crippen LogP contribution in [0.15, 0.2) is 29.1 Å². The molecule has 4 atom stereocenters. The summed E-state index contributed by atoms with van der Waals surface area (Å²) in [5, 5.41) is 15.6. The Bertz CT molecular complexity index is 2400. The molecular formula is C44H54N6O15. The number of esters is 2. The molecule has 0 saturated carbocycles. The van der Waals surface area contributed by atoms with Crippen LogP contribution in [0.5, 0.6) is 11.5 Å². The number of carboxylic acids is 1. The van der Waals surface area contributed by atoms with E-state index in [1.54, 1.807) is 32.9 Å². The monoisotopic (exact) mass is 906 g/mol. The highest BCUT2D eigenvalue weighted by Crippen LogP contribution is 2.43. The largest absolute Gasteiger partial charge is 0.481 e. The van der Waals surface area contributed by atoms with E-state index in [1.807, 2.05) is 12.1 Å². The van der Waals surface area contributed by atoms with Gasteiger partial charge in [0.1, 0.15) is 24.7 Å². The Hall–Kier alpha value is -6.16. The van der Waals surface area contributed by atoms with Crippen LogP contribution in [-0.4, -0.2) is 133 Å². The first-order valence-electron chi connectivity index (χ1n) is 21.7. The van der Waals surface area contributed by atoms with Crippen molar-refractivity contribution in [2.45, 2.75) is 89.8 Å². The summed E-state index contributed by atoms with van der Waals surface area (Å²) >= 11 is 0. The number of amides is 3. The fourth-order valence-electron chi connectivity index (χ4n) is 8.45. The van der Waals surface area contributed by atoms with Crippen LogP contribution in [0.25, 0.3) is 22.3 Å². The summed E-state index contributed by atoms with van der Waals surface area (Å²) in [6, 6.07) is 3.16. The zero-order valence-electron chi connectivity index (χ0n) is 36.5. The van der Waals surface area contributed by atoms with E-state index in [1.165, 1.54) is 9.47 Å². The molecule has 1 saturated heterocycles. The van der Waals surface area contributed by atoms with Crippen molar-refractivity contribution in [2.75, 3.05) is 59.5 Å². The zero-order chi connectivity index (χ0) is 46.4. The van der Waals surface area contributed by atoms with Crippen LogP contribution in [0.4, 0.5) is 0 Å². The van der Waals surface area contributed by atoms with E-state index in [9.17, 15) is 38.7 Å². The first-order valence-corrected chi connectivity index (χ1v) is 21.7. The molecule has 21 heteroatoms. The van der Waals surface area contributed by atoms with Crippen molar-refractivity contribution >= 4 is 46.5 Å². The van der Waals surface area contributed by atoms with E-state index >= 15 is 0 Å². The lowest BCUT2D eigenvalue weighted by atomic mass is 9.85. The number of rotatable bonds is 21. The zero-order valence-corrected chi connectivity index (χ0v) is 36.5. The lowest BCUT2D eigenvalue weighted by molar-refractivity contribution is -0.191. The number of aromatic nitrogens is 2. The number of nitrogens with two attached hydrogens (primary N) is 1. The molecule has 6 heterocycles. The second-order valence-corrected chi connectivity index (χ2v) is 16.4. The molecule has 0 bridgehead atoms. The summed E-state index contributed by atoms with van der Waals surface area (Å²) < 4.78 is 40.2. The van der Waals surface area contributed by atoms with Crippen LogP contribution in [0, 0.1) is 5.92 Å². The highest BCUT2D eigenvalue weighted by Gasteiger charge is 2.52. The number of hydrogen-bond acceptors (Lipinski definition) is 16. The molecule has 5 N–H and O–H groups in total. The number of carboxylic acid groups (broad SMARTS) is 1. The lowest BCUT2D eigenvalue weighted by Gasteiger charge is -2.37. The third kappa shape index (κ3) is 9.92. The molecule has 1 fully saturated rings. The molecule has 0 unspecified atom stereocenters. The molecule has 0 radical (unpaired) electrons. The van der Waals surface area contributed by atoms with Crippen LogP contribution < -0.4 is 31.4 Å². The third-order valence-corrected chi connectivity index (χ3v) is 11.8. The summed E-state index contributed by atoms with van der Waals surface area (Å²) in [5.74, 6) is -4.85. The number of carbonyl (C=O) groups is 6. The standard InChI is InChI=1S/C44H54N6O15/c1-4-44(28-18-32-38-26(21-50(32)40(55)27(28)22-62-43(44)58)16-25-17-33-34(64-23-63-33)19-29(25)47-38)65-42(57)37(24(2)3)48-39(54)31-6-5-9-49(31)41(56)30(20-36(52)53)46-35(51)7-10-59-12-14-61-15-13-60-11-8-45/h16-19,24,30-31,37H,4-15,20-23,45H2,1-3H3,(H,46,51)(H,48,54)(H,52,53)/t30-,31-,37-,44-/m0/s1. The molecule has 2 aromatic heterocycles. The van der Waals surface area contributed by atoms with E-state index in [-0.39, 0.29) is 76.7 Å². The molecule has 0 aliphatic carbocycles. The Morgan fingerprint density at radius 2 is 1.66 bits per heavy atom. The predicted octanol–water partition coefficient (Wildman–Crippen LogP) is 0.849. The first-order chi connectivity index (χ1) is 31.3. The number of ether oxygens (including phenoxy) is 7. The molecule has 4 aliphatic rings. The quantitative estimate of drug-likeness (QED) is 0.0666. The molecule has 3 aromatic rings. The number of nitrogens with zero attached hydrogens (tertiary/aromatic N) is 3. The number of cyclic esters (lactones) is 1. The van der Waals surface area contributed by atoms with Crippen molar-refractivity contribution in [1.82, 2.24) is 25.1 Å². The topological polar surface area (TPSA) is 275 Å². The Morgan fingerprint density at radius 1 is 0.954 bits per heavy atom. The average Bonchev–Trinajstić information content (AvgIpc) is 4.04. The summed E-state index contributed by atoms with van der Waals surface area (Å²) in [7, 11) is 0. The molecule has 21 nitrogen and oxygen atoms in total. The summed E-state index contributed by atoms with van der Waals surface area (Å²) in [6.07, 6.45) is -0.480. The average molecular weight is 907 g/mol. The van der Waals surface area contributed by atoms with Gasteiger partial charge in [-0.3, -0.25) is 24.0 Å². The number of aliphatic carboxylic acids is 1. The van der Waals surface area contributed by atoms with Gasteiger partial charge in [-0.1, -0.05) is 20.8 Å².